The average molecular weight is 313 g/mol. The van der Waals surface area contributed by atoms with Gasteiger partial charge >= 0.3 is 0 Å². The number of ether oxygens (including phenoxy) is 1. The van der Waals surface area contributed by atoms with Gasteiger partial charge in [-0.15, -0.1) is 11.3 Å². The standard InChI is InChI=1S/C11H11N3O4S2/c1-18-9-3-2-7(6-8(9)10(12)15)20(16,17)14-11-13-4-5-19-11/h2-6H,1H3,(H2,12,15)(H,13,14). The Hall–Kier alpha value is -2.13. The van der Waals surface area contributed by atoms with Crippen molar-refractivity contribution in [2.75, 3.05) is 11.8 Å². The number of amides is 1. The quantitative estimate of drug-likeness (QED) is 0.857. The zero-order valence-corrected chi connectivity index (χ0v) is 12.0. The number of anilines is 1. The van der Waals surface area contributed by atoms with Gasteiger partial charge in [0, 0.05) is 11.6 Å². The lowest BCUT2D eigenvalue weighted by atomic mass is 10.2. The van der Waals surface area contributed by atoms with Gasteiger partial charge in [-0.1, -0.05) is 0 Å². The van der Waals surface area contributed by atoms with E-state index in [-0.39, 0.29) is 21.3 Å². The number of carbonyl (C=O) groups excluding carboxylic acids is 1. The highest BCUT2D eigenvalue weighted by Gasteiger charge is 2.19. The molecule has 0 bridgehead atoms. The van der Waals surface area contributed by atoms with Crippen LogP contribution in [0.5, 0.6) is 5.75 Å². The van der Waals surface area contributed by atoms with E-state index >= 15 is 0 Å². The minimum absolute atomic E-state index is 0.00508. The molecule has 0 saturated heterocycles. The summed E-state index contributed by atoms with van der Waals surface area (Å²) in [5.74, 6) is -0.557. The number of sulfonamides is 1. The number of hydrogen-bond acceptors (Lipinski definition) is 6. The van der Waals surface area contributed by atoms with Crippen molar-refractivity contribution >= 4 is 32.4 Å². The van der Waals surface area contributed by atoms with E-state index in [1.807, 2.05) is 0 Å². The molecule has 20 heavy (non-hydrogen) atoms. The van der Waals surface area contributed by atoms with Crippen molar-refractivity contribution in [1.82, 2.24) is 4.98 Å². The molecule has 0 fully saturated rings. The molecule has 1 aromatic carbocycles. The van der Waals surface area contributed by atoms with E-state index in [0.717, 1.165) is 17.4 Å². The maximum atomic E-state index is 12.1. The third-order valence-electron chi connectivity index (χ3n) is 2.40. The Morgan fingerprint density at radius 2 is 2.20 bits per heavy atom. The first-order valence-corrected chi connectivity index (χ1v) is 7.70. The van der Waals surface area contributed by atoms with Crippen molar-refractivity contribution < 1.29 is 17.9 Å². The van der Waals surface area contributed by atoms with E-state index in [9.17, 15) is 13.2 Å². The lowest BCUT2D eigenvalue weighted by molar-refractivity contribution is 0.0997. The van der Waals surface area contributed by atoms with Crippen LogP contribution >= 0.6 is 11.3 Å². The summed E-state index contributed by atoms with van der Waals surface area (Å²) >= 11 is 1.14. The van der Waals surface area contributed by atoms with Gasteiger partial charge in [0.25, 0.3) is 15.9 Å². The summed E-state index contributed by atoms with van der Waals surface area (Å²) in [5.41, 5.74) is 5.19. The molecular formula is C11H11N3O4S2. The molecule has 9 heteroatoms. The predicted molar refractivity (Wildman–Crippen MR) is 74.4 cm³/mol. The predicted octanol–water partition coefficient (Wildman–Crippen LogP) is 1.05. The van der Waals surface area contributed by atoms with Crippen LogP contribution in [0.4, 0.5) is 5.13 Å². The molecule has 1 aromatic heterocycles. The van der Waals surface area contributed by atoms with Crippen LogP contribution in [-0.2, 0) is 10.0 Å². The average Bonchev–Trinajstić information content (AvgIpc) is 2.89. The van der Waals surface area contributed by atoms with Crippen molar-refractivity contribution in [1.29, 1.82) is 0 Å². The molecule has 0 unspecified atom stereocenters. The van der Waals surface area contributed by atoms with E-state index in [4.69, 9.17) is 10.5 Å². The number of nitrogens with zero attached hydrogens (tertiary/aromatic N) is 1. The van der Waals surface area contributed by atoms with Gasteiger partial charge in [0.05, 0.1) is 17.6 Å². The van der Waals surface area contributed by atoms with E-state index < -0.39 is 15.9 Å². The number of nitrogens with one attached hydrogen (secondary N) is 1. The first-order valence-electron chi connectivity index (χ1n) is 5.34. The zero-order chi connectivity index (χ0) is 14.8. The minimum atomic E-state index is -3.83. The lowest BCUT2D eigenvalue weighted by Crippen LogP contribution is -2.16. The molecule has 3 N–H and O–H groups in total. The largest absolute Gasteiger partial charge is 0.496 e. The first kappa shape index (κ1) is 14.3. The second-order valence-electron chi connectivity index (χ2n) is 3.67. The Balaban J connectivity index is 2.42. The van der Waals surface area contributed by atoms with Gasteiger partial charge in [-0.2, -0.15) is 0 Å². The van der Waals surface area contributed by atoms with Crippen LogP contribution in [0.1, 0.15) is 10.4 Å². The Kier molecular flexibility index (Phi) is 3.91. The number of thiazole rings is 1. The summed E-state index contributed by atoms with van der Waals surface area (Å²) in [6.45, 7) is 0. The number of hydrogen-bond donors (Lipinski definition) is 2. The molecule has 7 nitrogen and oxygen atoms in total. The van der Waals surface area contributed by atoms with Crippen molar-refractivity contribution in [2.24, 2.45) is 5.73 Å². The van der Waals surface area contributed by atoms with Gasteiger partial charge in [0.15, 0.2) is 5.13 Å². The fourth-order valence-electron chi connectivity index (χ4n) is 1.49. The van der Waals surface area contributed by atoms with E-state index in [1.54, 1.807) is 5.38 Å². The number of primary amides is 1. The van der Waals surface area contributed by atoms with Crippen LogP contribution in [0.15, 0.2) is 34.7 Å². The summed E-state index contributed by atoms with van der Waals surface area (Å²) in [5, 5.41) is 1.88. The summed E-state index contributed by atoms with van der Waals surface area (Å²) in [4.78, 5) is 15.0. The fourth-order valence-corrected chi connectivity index (χ4v) is 3.31. The molecule has 0 aliphatic carbocycles. The normalized spacial score (nSPS) is 11.1. The van der Waals surface area contributed by atoms with E-state index in [2.05, 4.69) is 9.71 Å². The Morgan fingerprint density at radius 3 is 2.75 bits per heavy atom. The van der Waals surface area contributed by atoms with Crippen molar-refractivity contribution in [3.05, 3.63) is 35.3 Å². The summed E-state index contributed by atoms with van der Waals surface area (Å²) < 4.78 is 31.5. The van der Waals surface area contributed by atoms with Gasteiger partial charge in [-0.05, 0) is 18.2 Å². The van der Waals surface area contributed by atoms with Crippen molar-refractivity contribution in [2.45, 2.75) is 4.90 Å². The third kappa shape index (κ3) is 2.89. The Morgan fingerprint density at radius 1 is 1.45 bits per heavy atom. The molecule has 0 saturated carbocycles. The third-order valence-corrected chi connectivity index (χ3v) is 4.56. The number of nitrogens with two attached hydrogens (primary N) is 1. The van der Waals surface area contributed by atoms with Gasteiger partial charge in [0.1, 0.15) is 5.75 Å². The van der Waals surface area contributed by atoms with Crippen LogP contribution < -0.4 is 15.2 Å². The van der Waals surface area contributed by atoms with Crippen LogP contribution in [0, 0.1) is 0 Å². The molecule has 0 spiro atoms. The molecule has 0 aliphatic heterocycles. The lowest BCUT2D eigenvalue weighted by Gasteiger charge is -2.09. The van der Waals surface area contributed by atoms with E-state index in [1.165, 1.54) is 25.4 Å². The van der Waals surface area contributed by atoms with E-state index in [0.29, 0.717) is 0 Å². The molecule has 2 rings (SSSR count). The molecule has 0 atom stereocenters. The highest BCUT2D eigenvalue weighted by atomic mass is 32.2. The molecular weight excluding hydrogens is 302 g/mol. The van der Waals surface area contributed by atoms with Gasteiger partial charge in [-0.25, -0.2) is 13.4 Å². The molecule has 2 aromatic rings. The number of carbonyl (C=O) groups is 1. The molecule has 0 radical (unpaired) electrons. The second-order valence-corrected chi connectivity index (χ2v) is 6.25. The smallest absolute Gasteiger partial charge is 0.263 e. The summed E-state index contributed by atoms with van der Waals surface area (Å²) in [7, 11) is -2.46. The maximum absolute atomic E-state index is 12.1. The molecule has 1 heterocycles. The second kappa shape index (κ2) is 5.47. The fraction of sp³-hybridized carbons (Fsp3) is 0.0909. The first-order chi connectivity index (χ1) is 9.44. The summed E-state index contributed by atoms with van der Waals surface area (Å²) in [6, 6.07) is 3.86. The SMILES string of the molecule is COc1ccc(S(=O)(=O)Nc2nccs2)cc1C(N)=O. The molecule has 0 aliphatic rings. The van der Waals surface area contributed by atoms with Gasteiger partial charge in [0.2, 0.25) is 0 Å². The number of aromatic nitrogens is 1. The van der Waals surface area contributed by atoms with Gasteiger partial charge < -0.3 is 10.5 Å². The Labute approximate surface area is 119 Å². The number of benzene rings is 1. The van der Waals surface area contributed by atoms with Crippen LogP contribution in [0.2, 0.25) is 0 Å². The monoisotopic (exact) mass is 313 g/mol. The molecule has 1 amide bonds. The van der Waals surface area contributed by atoms with Crippen LogP contribution in [0.3, 0.4) is 0 Å². The molecule has 106 valence electrons. The summed E-state index contributed by atoms with van der Waals surface area (Å²) in [6.07, 6.45) is 1.48. The zero-order valence-electron chi connectivity index (χ0n) is 10.4. The topological polar surface area (TPSA) is 111 Å². The van der Waals surface area contributed by atoms with Crippen molar-refractivity contribution in [3.8, 4) is 5.75 Å². The number of rotatable bonds is 5. The van der Waals surface area contributed by atoms with Crippen LogP contribution in [-0.4, -0.2) is 26.4 Å². The minimum Gasteiger partial charge on any atom is -0.496 e. The maximum Gasteiger partial charge on any atom is 0.263 e. The highest BCUT2D eigenvalue weighted by Crippen LogP contribution is 2.24. The highest BCUT2D eigenvalue weighted by molar-refractivity contribution is 7.93. The van der Waals surface area contributed by atoms with Gasteiger partial charge in [-0.3, -0.25) is 9.52 Å². The number of methoxy groups -OCH3 is 1. The van der Waals surface area contributed by atoms with Crippen LogP contribution in [0.25, 0.3) is 0 Å². The Bertz CT molecular complexity index is 726. The van der Waals surface area contributed by atoms with Crippen molar-refractivity contribution in [3.63, 3.8) is 0 Å².